The maximum atomic E-state index is 12.2. The molecular formula is C23H23N5O2. The standard InChI is InChI=1S/C23H23N5O2/c29-21(11-10-16-12-15-24-20-9-4-3-6-17(16)20)25-13-5-14-26-22-18-7-1-2-8-19(18)23(30)28-27-22/h1-4,6-9,12,15H,5,10-11,13-14H2,(H,25,29)(H,26,27)(H,28,30). The molecule has 0 aliphatic rings. The zero-order valence-electron chi connectivity index (χ0n) is 16.5. The Kier molecular flexibility index (Phi) is 5.98. The number of anilines is 1. The Bertz CT molecular complexity index is 1230. The number of carbonyl (C=O) groups is 1. The summed E-state index contributed by atoms with van der Waals surface area (Å²) >= 11 is 0. The molecule has 2 aromatic heterocycles. The Morgan fingerprint density at radius 3 is 2.57 bits per heavy atom. The van der Waals surface area contributed by atoms with E-state index in [2.05, 4.69) is 25.8 Å². The number of benzene rings is 2. The molecule has 0 unspecified atom stereocenters. The lowest BCUT2D eigenvalue weighted by atomic mass is 10.0. The van der Waals surface area contributed by atoms with Gasteiger partial charge in [-0.15, -0.1) is 0 Å². The van der Waals surface area contributed by atoms with E-state index in [9.17, 15) is 9.59 Å². The van der Waals surface area contributed by atoms with E-state index in [4.69, 9.17) is 0 Å². The number of para-hydroxylation sites is 1. The van der Waals surface area contributed by atoms with Gasteiger partial charge < -0.3 is 10.6 Å². The first-order chi connectivity index (χ1) is 14.7. The number of nitrogens with zero attached hydrogens (tertiary/aromatic N) is 2. The molecule has 30 heavy (non-hydrogen) atoms. The van der Waals surface area contributed by atoms with Crippen molar-refractivity contribution in [1.82, 2.24) is 20.5 Å². The van der Waals surface area contributed by atoms with Crippen molar-refractivity contribution in [2.75, 3.05) is 18.4 Å². The van der Waals surface area contributed by atoms with Crippen molar-refractivity contribution < 1.29 is 4.79 Å². The zero-order chi connectivity index (χ0) is 20.8. The summed E-state index contributed by atoms with van der Waals surface area (Å²) in [6.07, 6.45) is 3.66. The van der Waals surface area contributed by atoms with Crippen LogP contribution in [0, 0.1) is 0 Å². The van der Waals surface area contributed by atoms with E-state index in [0.29, 0.717) is 37.1 Å². The molecule has 0 aliphatic carbocycles. The third-order valence-electron chi connectivity index (χ3n) is 5.02. The number of rotatable bonds is 8. The molecular weight excluding hydrogens is 378 g/mol. The van der Waals surface area contributed by atoms with Gasteiger partial charge in [-0.05, 0) is 36.6 Å². The van der Waals surface area contributed by atoms with Gasteiger partial charge in [0, 0.05) is 36.5 Å². The molecule has 4 aromatic rings. The summed E-state index contributed by atoms with van der Waals surface area (Å²) in [5.74, 6) is 0.671. The molecule has 0 fully saturated rings. The third kappa shape index (κ3) is 4.46. The SMILES string of the molecule is O=C(CCc1ccnc2ccccc12)NCCCNc1n[nH]c(=O)c2ccccc12. The first-order valence-corrected chi connectivity index (χ1v) is 10.0. The molecule has 1 amide bonds. The van der Waals surface area contributed by atoms with Gasteiger partial charge in [-0.2, -0.15) is 5.10 Å². The fourth-order valence-corrected chi connectivity index (χ4v) is 3.48. The van der Waals surface area contributed by atoms with Gasteiger partial charge in [-0.1, -0.05) is 36.4 Å². The van der Waals surface area contributed by atoms with Crippen molar-refractivity contribution in [3.05, 3.63) is 76.7 Å². The molecule has 0 bridgehead atoms. The minimum absolute atomic E-state index is 0.0310. The highest BCUT2D eigenvalue weighted by molar-refractivity contribution is 5.90. The lowest BCUT2D eigenvalue weighted by Crippen LogP contribution is -2.26. The predicted octanol–water partition coefficient (Wildman–Crippen LogP) is 3.02. The number of fused-ring (bicyclic) bond motifs is 2. The predicted molar refractivity (Wildman–Crippen MR) is 119 cm³/mol. The molecule has 0 radical (unpaired) electrons. The second-order valence-electron chi connectivity index (χ2n) is 7.06. The van der Waals surface area contributed by atoms with Crippen LogP contribution in [0.15, 0.2) is 65.6 Å². The fraction of sp³-hybridized carbons (Fsp3) is 0.217. The number of hydrogen-bond donors (Lipinski definition) is 3. The van der Waals surface area contributed by atoms with Crippen molar-refractivity contribution in [2.45, 2.75) is 19.3 Å². The van der Waals surface area contributed by atoms with Crippen LogP contribution in [0.3, 0.4) is 0 Å². The van der Waals surface area contributed by atoms with Crippen LogP contribution in [-0.4, -0.2) is 34.2 Å². The molecule has 4 rings (SSSR count). The highest BCUT2D eigenvalue weighted by Gasteiger charge is 2.07. The monoisotopic (exact) mass is 401 g/mol. The summed E-state index contributed by atoms with van der Waals surface area (Å²) in [5, 5.41) is 15.3. The van der Waals surface area contributed by atoms with Crippen molar-refractivity contribution in [1.29, 1.82) is 0 Å². The Morgan fingerprint density at radius 1 is 0.933 bits per heavy atom. The Labute approximate surface area is 173 Å². The van der Waals surface area contributed by atoms with E-state index < -0.39 is 0 Å². The average Bonchev–Trinajstić information content (AvgIpc) is 2.79. The van der Waals surface area contributed by atoms with Gasteiger partial charge in [0.1, 0.15) is 0 Å². The van der Waals surface area contributed by atoms with Crippen LogP contribution in [-0.2, 0) is 11.2 Å². The van der Waals surface area contributed by atoms with Crippen LogP contribution < -0.4 is 16.2 Å². The van der Waals surface area contributed by atoms with Gasteiger partial charge in [0.15, 0.2) is 5.82 Å². The van der Waals surface area contributed by atoms with Crippen LogP contribution in [0.25, 0.3) is 21.7 Å². The summed E-state index contributed by atoms with van der Waals surface area (Å²) in [7, 11) is 0. The van der Waals surface area contributed by atoms with Crippen molar-refractivity contribution in [2.24, 2.45) is 0 Å². The average molecular weight is 401 g/mol. The Hall–Kier alpha value is -3.74. The number of aromatic amines is 1. The van der Waals surface area contributed by atoms with Gasteiger partial charge >= 0.3 is 0 Å². The molecule has 0 aliphatic heterocycles. The van der Waals surface area contributed by atoms with E-state index in [0.717, 1.165) is 28.3 Å². The molecule has 7 nitrogen and oxygen atoms in total. The molecule has 0 atom stereocenters. The number of H-pyrrole nitrogens is 1. The highest BCUT2D eigenvalue weighted by Crippen LogP contribution is 2.18. The number of pyridine rings is 1. The summed E-state index contributed by atoms with van der Waals surface area (Å²) in [6.45, 7) is 1.21. The van der Waals surface area contributed by atoms with Crippen molar-refractivity contribution in [3.8, 4) is 0 Å². The summed E-state index contributed by atoms with van der Waals surface area (Å²) < 4.78 is 0. The maximum absolute atomic E-state index is 12.2. The number of nitrogens with one attached hydrogen (secondary N) is 3. The van der Waals surface area contributed by atoms with E-state index in [1.54, 1.807) is 12.3 Å². The molecule has 0 saturated heterocycles. The lowest BCUT2D eigenvalue weighted by molar-refractivity contribution is -0.121. The van der Waals surface area contributed by atoms with E-state index >= 15 is 0 Å². The second-order valence-corrected chi connectivity index (χ2v) is 7.06. The highest BCUT2D eigenvalue weighted by atomic mass is 16.1. The summed E-state index contributed by atoms with van der Waals surface area (Å²) in [4.78, 5) is 28.4. The van der Waals surface area contributed by atoms with Crippen LogP contribution in [0.2, 0.25) is 0 Å². The lowest BCUT2D eigenvalue weighted by Gasteiger charge is -2.09. The van der Waals surface area contributed by atoms with Gasteiger partial charge in [0.2, 0.25) is 5.91 Å². The van der Waals surface area contributed by atoms with Gasteiger partial charge in [-0.3, -0.25) is 14.6 Å². The normalized spacial score (nSPS) is 10.9. The van der Waals surface area contributed by atoms with Gasteiger partial charge in [-0.25, -0.2) is 5.10 Å². The summed E-state index contributed by atoms with van der Waals surface area (Å²) in [5.41, 5.74) is 1.88. The van der Waals surface area contributed by atoms with Gasteiger partial charge in [0.25, 0.3) is 5.56 Å². The molecule has 152 valence electrons. The Balaban J connectivity index is 1.23. The minimum Gasteiger partial charge on any atom is -0.368 e. The largest absolute Gasteiger partial charge is 0.368 e. The quantitative estimate of drug-likeness (QED) is 0.394. The number of aromatic nitrogens is 3. The van der Waals surface area contributed by atoms with E-state index in [-0.39, 0.29) is 11.5 Å². The van der Waals surface area contributed by atoms with Crippen molar-refractivity contribution >= 4 is 33.4 Å². The Morgan fingerprint density at radius 2 is 1.70 bits per heavy atom. The molecule has 7 heteroatoms. The van der Waals surface area contributed by atoms with E-state index in [1.807, 2.05) is 48.5 Å². The topological polar surface area (TPSA) is 99.8 Å². The number of carbonyl (C=O) groups excluding carboxylic acids is 1. The molecule has 0 spiro atoms. The van der Waals surface area contributed by atoms with Crippen LogP contribution in [0.5, 0.6) is 0 Å². The van der Waals surface area contributed by atoms with E-state index in [1.165, 1.54) is 0 Å². The van der Waals surface area contributed by atoms with Crippen LogP contribution in [0.4, 0.5) is 5.82 Å². The van der Waals surface area contributed by atoms with Crippen LogP contribution in [0.1, 0.15) is 18.4 Å². The van der Waals surface area contributed by atoms with Crippen LogP contribution >= 0.6 is 0 Å². The van der Waals surface area contributed by atoms with Gasteiger partial charge in [0.05, 0.1) is 10.9 Å². The number of aryl methyl sites for hydroxylation is 1. The zero-order valence-corrected chi connectivity index (χ0v) is 16.5. The third-order valence-corrected chi connectivity index (χ3v) is 5.02. The first-order valence-electron chi connectivity index (χ1n) is 10.0. The maximum Gasteiger partial charge on any atom is 0.272 e. The molecule has 0 saturated carbocycles. The second kappa shape index (κ2) is 9.17. The van der Waals surface area contributed by atoms with Crippen molar-refractivity contribution in [3.63, 3.8) is 0 Å². The number of hydrogen-bond acceptors (Lipinski definition) is 5. The summed E-state index contributed by atoms with van der Waals surface area (Å²) in [6, 6.07) is 17.3. The fourth-order valence-electron chi connectivity index (χ4n) is 3.48. The molecule has 2 heterocycles. The number of amides is 1. The molecule has 2 aromatic carbocycles. The first kappa shape index (κ1) is 19.6. The molecule has 3 N–H and O–H groups in total. The smallest absolute Gasteiger partial charge is 0.272 e. The minimum atomic E-state index is -0.203.